The average molecular weight is 256 g/mol. The zero-order valence-corrected chi connectivity index (χ0v) is 10.5. The second-order valence-corrected chi connectivity index (χ2v) is 4.53. The highest BCUT2D eigenvalue weighted by atomic mass is 35.5. The van der Waals surface area contributed by atoms with Gasteiger partial charge in [-0.05, 0) is 36.8 Å². The molecule has 3 nitrogen and oxygen atoms in total. The molecule has 0 aliphatic rings. The second-order valence-electron chi connectivity index (χ2n) is 4.15. The number of aromatic nitrogens is 3. The van der Waals surface area contributed by atoms with Crippen molar-refractivity contribution in [1.82, 2.24) is 15.0 Å². The molecule has 0 radical (unpaired) electrons. The highest BCUT2D eigenvalue weighted by Crippen LogP contribution is 2.22. The van der Waals surface area contributed by atoms with Crippen molar-refractivity contribution in [1.29, 1.82) is 0 Å². The van der Waals surface area contributed by atoms with E-state index in [4.69, 9.17) is 11.6 Å². The van der Waals surface area contributed by atoms with Gasteiger partial charge in [-0.3, -0.25) is 9.97 Å². The van der Waals surface area contributed by atoms with Gasteiger partial charge in [-0.25, -0.2) is 4.98 Å². The molecule has 0 aromatic carbocycles. The van der Waals surface area contributed by atoms with Gasteiger partial charge in [0, 0.05) is 29.7 Å². The van der Waals surface area contributed by atoms with Crippen molar-refractivity contribution in [2.75, 3.05) is 0 Å². The van der Waals surface area contributed by atoms with E-state index in [1.807, 2.05) is 37.6 Å². The van der Waals surface area contributed by atoms with Crippen LogP contribution >= 0.6 is 11.6 Å². The van der Waals surface area contributed by atoms with Crippen LogP contribution < -0.4 is 0 Å². The molecule has 3 aromatic rings. The van der Waals surface area contributed by atoms with E-state index in [0.29, 0.717) is 5.15 Å². The van der Waals surface area contributed by atoms with Crippen LogP contribution in [0.25, 0.3) is 22.2 Å². The third-order valence-electron chi connectivity index (χ3n) is 2.71. The fourth-order valence-electron chi connectivity index (χ4n) is 1.85. The number of aryl methyl sites for hydroxylation is 1. The average Bonchev–Trinajstić information content (AvgIpc) is 2.38. The number of pyridine rings is 3. The van der Waals surface area contributed by atoms with Crippen LogP contribution in [0.3, 0.4) is 0 Å². The molecule has 0 aliphatic heterocycles. The molecule has 18 heavy (non-hydrogen) atoms. The zero-order valence-electron chi connectivity index (χ0n) is 9.76. The molecule has 0 unspecified atom stereocenters. The topological polar surface area (TPSA) is 38.7 Å². The zero-order chi connectivity index (χ0) is 12.5. The van der Waals surface area contributed by atoms with E-state index in [0.717, 1.165) is 27.7 Å². The van der Waals surface area contributed by atoms with Crippen LogP contribution in [0, 0.1) is 6.92 Å². The summed E-state index contributed by atoms with van der Waals surface area (Å²) in [7, 11) is 0. The Morgan fingerprint density at radius 2 is 1.78 bits per heavy atom. The van der Waals surface area contributed by atoms with Crippen LogP contribution in [0.4, 0.5) is 0 Å². The summed E-state index contributed by atoms with van der Waals surface area (Å²) >= 11 is 5.89. The van der Waals surface area contributed by atoms with Crippen LogP contribution in [0.2, 0.25) is 5.15 Å². The van der Waals surface area contributed by atoms with Gasteiger partial charge in [0.15, 0.2) is 0 Å². The monoisotopic (exact) mass is 255 g/mol. The van der Waals surface area contributed by atoms with Gasteiger partial charge in [0.2, 0.25) is 0 Å². The number of nitrogens with zero attached hydrogens (tertiary/aromatic N) is 3. The number of fused-ring (bicyclic) bond motifs is 1. The summed E-state index contributed by atoms with van der Waals surface area (Å²) in [5.74, 6) is 0. The molecule has 0 bridgehead atoms. The number of halogens is 1. The van der Waals surface area contributed by atoms with Gasteiger partial charge in [0.1, 0.15) is 5.15 Å². The molecular formula is C14H10ClN3. The van der Waals surface area contributed by atoms with E-state index >= 15 is 0 Å². The first-order chi connectivity index (χ1) is 8.72. The summed E-state index contributed by atoms with van der Waals surface area (Å²) in [4.78, 5) is 12.8. The van der Waals surface area contributed by atoms with Crippen molar-refractivity contribution in [3.05, 3.63) is 53.6 Å². The minimum atomic E-state index is 0.476. The molecule has 4 heteroatoms. The fraction of sp³-hybridized carbons (Fsp3) is 0.0714. The van der Waals surface area contributed by atoms with Gasteiger partial charge in [0.05, 0.1) is 11.0 Å². The molecule has 0 atom stereocenters. The molecule has 3 rings (SSSR count). The minimum Gasteiger partial charge on any atom is -0.264 e. The van der Waals surface area contributed by atoms with Crippen LogP contribution in [0.15, 0.2) is 42.9 Å². The van der Waals surface area contributed by atoms with Crippen LogP contribution in [0.5, 0.6) is 0 Å². The molecular weight excluding hydrogens is 246 g/mol. The fourth-order valence-corrected chi connectivity index (χ4v) is 2.01. The Balaban J connectivity index is 2.18. The molecule has 3 heterocycles. The third kappa shape index (κ3) is 2.05. The molecule has 0 amide bonds. The van der Waals surface area contributed by atoms with E-state index in [-0.39, 0.29) is 0 Å². The molecule has 0 fully saturated rings. The van der Waals surface area contributed by atoms with Gasteiger partial charge in [0.25, 0.3) is 0 Å². The van der Waals surface area contributed by atoms with Crippen molar-refractivity contribution in [3.63, 3.8) is 0 Å². The smallest absolute Gasteiger partial charge is 0.129 e. The van der Waals surface area contributed by atoms with Crippen molar-refractivity contribution < 1.29 is 0 Å². The van der Waals surface area contributed by atoms with E-state index in [9.17, 15) is 0 Å². The van der Waals surface area contributed by atoms with E-state index in [1.54, 1.807) is 6.07 Å². The van der Waals surface area contributed by atoms with Crippen molar-refractivity contribution >= 4 is 22.6 Å². The number of rotatable bonds is 1. The lowest BCUT2D eigenvalue weighted by Crippen LogP contribution is -1.87. The van der Waals surface area contributed by atoms with Gasteiger partial charge in [-0.15, -0.1) is 0 Å². The molecule has 0 saturated heterocycles. The van der Waals surface area contributed by atoms with Gasteiger partial charge >= 0.3 is 0 Å². The first-order valence-electron chi connectivity index (χ1n) is 5.57. The maximum atomic E-state index is 5.89. The van der Waals surface area contributed by atoms with E-state index in [2.05, 4.69) is 21.0 Å². The summed E-state index contributed by atoms with van der Waals surface area (Å²) in [6.45, 7) is 2.01. The predicted molar refractivity (Wildman–Crippen MR) is 72.5 cm³/mol. The van der Waals surface area contributed by atoms with Gasteiger partial charge in [-0.1, -0.05) is 11.6 Å². The van der Waals surface area contributed by atoms with Crippen LogP contribution in [0.1, 0.15) is 5.56 Å². The lowest BCUT2D eigenvalue weighted by molar-refractivity contribution is 1.26. The Morgan fingerprint density at radius 1 is 0.944 bits per heavy atom. The number of hydrogen-bond acceptors (Lipinski definition) is 3. The lowest BCUT2D eigenvalue weighted by Gasteiger charge is -2.03. The summed E-state index contributed by atoms with van der Waals surface area (Å²) < 4.78 is 0. The Morgan fingerprint density at radius 3 is 2.61 bits per heavy atom. The highest BCUT2D eigenvalue weighted by molar-refractivity contribution is 6.29. The Hall–Kier alpha value is -2.00. The lowest BCUT2D eigenvalue weighted by atomic mass is 10.1. The Kier molecular flexibility index (Phi) is 2.68. The highest BCUT2D eigenvalue weighted by Gasteiger charge is 2.03. The molecule has 88 valence electrons. The summed E-state index contributed by atoms with van der Waals surface area (Å²) in [5.41, 5.74) is 4.77. The SMILES string of the molecule is Cc1cncc(-c2cnc3ccc(Cl)nc3c2)c1. The summed E-state index contributed by atoms with van der Waals surface area (Å²) in [6, 6.07) is 7.65. The first kappa shape index (κ1) is 11.1. The van der Waals surface area contributed by atoms with Crippen LogP contribution in [-0.4, -0.2) is 15.0 Å². The Labute approximate surface area is 109 Å². The molecule has 0 N–H and O–H groups in total. The predicted octanol–water partition coefficient (Wildman–Crippen LogP) is 3.65. The largest absolute Gasteiger partial charge is 0.264 e. The Bertz CT molecular complexity index is 725. The molecule has 0 aliphatic carbocycles. The summed E-state index contributed by atoms with van der Waals surface area (Å²) in [5, 5.41) is 0.476. The van der Waals surface area contributed by atoms with Crippen molar-refractivity contribution in [2.45, 2.75) is 6.92 Å². The van der Waals surface area contributed by atoms with Crippen molar-refractivity contribution in [2.24, 2.45) is 0 Å². The van der Waals surface area contributed by atoms with E-state index in [1.165, 1.54) is 0 Å². The maximum Gasteiger partial charge on any atom is 0.129 e. The van der Waals surface area contributed by atoms with Crippen LogP contribution in [-0.2, 0) is 0 Å². The third-order valence-corrected chi connectivity index (χ3v) is 2.92. The van der Waals surface area contributed by atoms with Gasteiger partial charge < -0.3 is 0 Å². The summed E-state index contributed by atoms with van der Waals surface area (Å²) in [6.07, 6.45) is 5.47. The molecule has 0 saturated carbocycles. The molecule has 0 spiro atoms. The quantitative estimate of drug-likeness (QED) is 0.623. The number of hydrogen-bond donors (Lipinski definition) is 0. The molecule has 3 aromatic heterocycles. The first-order valence-corrected chi connectivity index (χ1v) is 5.94. The van der Waals surface area contributed by atoms with Gasteiger partial charge in [-0.2, -0.15) is 0 Å². The standard InChI is InChI=1S/C14H10ClN3/c1-9-4-10(7-16-6-9)11-5-13-12(17-8-11)2-3-14(15)18-13/h2-8H,1H3. The second kappa shape index (κ2) is 4.35. The minimum absolute atomic E-state index is 0.476. The normalized spacial score (nSPS) is 10.8. The maximum absolute atomic E-state index is 5.89. The van der Waals surface area contributed by atoms with Crippen molar-refractivity contribution in [3.8, 4) is 11.1 Å². The van der Waals surface area contributed by atoms with E-state index < -0.39 is 0 Å².